The van der Waals surface area contributed by atoms with Crippen LogP contribution in [-0.2, 0) is 13.5 Å². The van der Waals surface area contributed by atoms with Crippen LogP contribution >= 0.6 is 0 Å². The lowest BCUT2D eigenvalue weighted by atomic mass is 10.1. The summed E-state index contributed by atoms with van der Waals surface area (Å²) in [5.41, 5.74) is 3.48. The number of rotatable bonds is 2. The van der Waals surface area contributed by atoms with Crippen LogP contribution in [0.15, 0.2) is 30.6 Å². The number of hydrogen-bond acceptors (Lipinski definition) is 3. The van der Waals surface area contributed by atoms with Crippen molar-refractivity contribution in [3.63, 3.8) is 0 Å². The maximum Gasteiger partial charge on any atom is 0.145 e. The molecule has 4 nitrogen and oxygen atoms in total. The summed E-state index contributed by atoms with van der Waals surface area (Å²) in [6.45, 7) is 1.90. The second kappa shape index (κ2) is 4.98. The first-order chi connectivity index (χ1) is 10.2. The molecule has 0 spiro atoms. The molecule has 0 fully saturated rings. The predicted octanol–water partition coefficient (Wildman–Crippen LogP) is 3.21. The summed E-state index contributed by atoms with van der Waals surface area (Å²) in [6.07, 6.45) is 3.42. The highest BCUT2D eigenvalue weighted by Gasteiger charge is 2.16. The number of halogens is 1. The SMILES string of the molecule is CCc1c(F)cncc1-c1nc2ccc(C#N)cc2n1C. The third kappa shape index (κ3) is 2.05. The molecule has 0 aliphatic carbocycles. The maximum absolute atomic E-state index is 13.9. The summed E-state index contributed by atoms with van der Waals surface area (Å²) in [6, 6.07) is 7.42. The summed E-state index contributed by atoms with van der Waals surface area (Å²) in [4.78, 5) is 8.49. The Balaban J connectivity index is 2.29. The lowest BCUT2D eigenvalue weighted by Gasteiger charge is -2.08. The summed E-state index contributed by atoms with van der Waals surface area (Å²) in [7, 11) is 1.86. The van der Waals surface area contributed by atoms with Crippen LogP contribution in [-0.4, -0.2) is 14.5 Å². The fourth-order valence-electron chi connectivity index (χ4n) is 2.51. The van der Waals surface area contributed by atoms with Gasteiger partial charge in [0.05, 0.1) is 28.9 Å². The van der Waals surface area contributed by atoms with E-state index in [4.69, 9.17) is 5.26 Å². The van der Waals surface area contributed by atoms with Crippen LogP contribution in [0.2, 0.25) is 0 Å². The van der Waals surface area contributed by atoms with E-state index in [1.165, 1.54) is 6.20 Å². The molecule has 3 aromatic rings. The summed E-state index contributed by atoms with van der Waals surface area (Å²) < 4.78 is 15.8. The standard InChI is InChI=1S/C16H13FN4/c1-3-11-12(8-19-9-13(11)17)16-20-14-5-4-10(7-18)6-15(14)21(16)2/h4-6,8-9H,3H2,1-2H3. The molecule has 2 aromatic heterocycles. The summed E-state index contributed by atoms with van der Waals surface area (Å²) >= 11 is 0. The van der Waals surface area contributed by atoms with E-state index >= 15 is 0 Å². The average molecular weight is 280 g/mol. The highest BCUT2D eigenvalue weighted by molar-refractivity contribution is 5.82. The Morgan fingerprint density at radius 2 is 2.14 bits per heavy atom. The number of hydrogen-bond donors (Lipinski definition) is 0. The van der Waals surface area contributed by atoms with Crippen molar-refractivity contribution in [2.24, 2.45) is 7.05 Å². The van der Waals surface area contributed by atoms with Gasteiger partial charge >= 0.3 is 0 Å². The Bertz CT molecular complexity index is 874. The van der Waals surface area contributed by atoms with Crippen LogP contribution in [0.3, 0.4) is 0 Å². The highest BCUT2D eigenvalue weighted by Crippen LogP contribution is 2.28. The zero-order valence-corrected chi connectivity index (χ0v) is 11.8. The molecule has 21 heavy (non-hydrogen) atoms. The Kier molecular flexibility index (Phi) is 3.15. The summed E-state index contributed by atoms with van der Waals surface area (Å²) in [5.74, 6) is 0.337. The zero-order valence-electron chi connectivity index (χ0n) is 11.8. The van der Waals surface area contributed by atoms with Crippen LogP contribution in [0.5, 0.6) is 0 Å². The number of imidazole rings is 1. The normalized spacial score (nSPS) is 10.8. The molecule has 0 N–H and O–H groups in total. The van der Waals surface area contributed by atoms with E-state index in [-0.39, 0.29) is 5.82 Å². The highest BCUT2D eigenvalue weighted by atomic mass is 19.1. The van der Waals surface area contributed by atoms with Gasteiger partial charge in [-0.3, -0.25) is 4.98 Å². The van der Waals surface area contributed by atoms with Gasteiger partial charge in [0, 0.05) is 24.4 Å². The number of nitrogens with zero attached hydrogens (tertiary/aromatic N) is 4. The van der Waals surface area contributed by atoms with Crippen molar-refractivity contribution in [3.8, 4) is 17.5 Å². The van der Waals surface area contributed by atoms with E-state index in [2.05, 4.69) is 16.0 Å². The van der Waals surface area contributed by atoms with Gasteiger partial charge in [-0.05, 0) is 24.6 Å². The fourth-order valence-corrected chi connectivity index (χ4v) is 2.51. The van der Waals surface area contributed by atoms with Crippen molar-refractivity contribution in [3.05, 3.63) is 47.5 Å². The number of pyridine rings is 1. The molecule has 0 aliphatic rings. The summed E-state index contributed by atoms with van der Waals surface area (Å²) in [5, 5.41) is 8.99. The van der Waals surface area contributed by atoms with E-state index < -0.39 is 0 Å². The van der Waals surface area contributed by atoms with Gasteiger partial charge in [-0.25, -0.2) is 9.37 Å². The minimum atomic E-state index is -0.320. The second-order valence-electron chi connectivity index (χ2n) is 4.81. The largest absolute Gasteiger partial charge is 0.327 e. The fraction of sp³-hybridized carbons (Fsp3) is 0.188. The number of aryl methyl sites for hydroxylation is 1. The number of fused-ring (bicyclic) bond motifs is 1. The van der Waals surface area contributed by atoms with E-state index in [0.717, 1.165) is 11.0 Å². The van der Waals surface area contributed by atoms with Gasteiger partial charge in [0.15, 0.2) is 0 Å². The van der Waals surface area contributed by atoms with Crippen LogP contribution in [0.1, 0.15) is 18.1 Å². The van der Waals surface area contributed by atoms with Crippen molar-refractivity contribution in [1.29, 1.82) is 5.26 Å². The van der Waals surface area contributed by atoms with E-state index in [1.807, 2.05) is 18.5 Å². The van der Waals surface area contributed by atoms with Crippen molar-refractivity contribution < 1.29 is 4.39 Å². The van der Waals surface area contributed by atoms with Gasteiger partial charge in [0.1, 0.15) is 11.6 Å². The maximum atomic E-state index is 13.9. The minimum Gasteiger partial charge on any atom is -0.327 e. The molecule has 0 aliphatic heterocycles. The molecule has 0 bridgehead atoms. The molecular formula is C16H13FN4. The Labute approximate surface area is 121 Å². The van der Waals surface area contributed by atoms with Gasteiger partial charge in [0.2, 0.25) is 0 Å². The monoisotopic (exact) mass is 280 g/mol. The molecule has 104 valence electrons. The molecule has 0 saturated carbocycles. The van der Waals surface area contributed by atoms with Gasteiger partial charge < -0.3 is 4.57 Å². The quantitative estimate of drug-likeness (QED) is 0.724. The number of nitriles is 1. The molecule has 1 aromatic carbocycles. The molecule has 0 atom stereocenters. The molecular weight excluding hydrogens is 267 g/mol. The molecule has 0 amide bonds. The number of aromatic nitrogens is 3. The van der Waals surface area contributed by atoms with Gasteiger partial charge in [-0.2, -0.15) is 5.26 Å². The van der Waals surface area contributed by atoms with Crippen LogP contribution in [0, 0.1) is 17.1 Å². The van der Waals surface area contributed by atoms with Crippen molar-refractivity contribution in [2.45, 2.75) is 13.3 Å². The van der Waals surface area contributed by atoms with E-state index in [0.29, 0.717) is 28.9 Å². The second-order valence-corrected chi connectivity index (χ2v) is 4.81. The lowest BCUT2D eigenvalue weighted by Crippen LogP contribution is -1.99. The molecule has 0 saturated heterocycles. The van der Waals surface area contributed by atoms with Gasteiger partial charge in [0.25, 0.3) is 0 Å². The lowest BCUT2D eigenvalue weighted by molar-refractivity contribution is 0.606. The third-order valence-corrected chi connectivity index (χ3v) is 3.61. The van der Waals surface area contributed by atoms with Gasteiger partial charge in [-0.15, -0.1) is 0 Å². The van der Waals surface area contributed by atoms with Crippen molar-refractivity contribution in [1.82, 2.24) is 14.5 Å². The third-order valence-electron chi connectivity index (χ3n) is 3.61. The van der Waals surface area contributed by atoms with Crippen molar-refractivity contribution in [2.75, 3.05) is 0 Å². The van der Waals surface area contributed by atoms with Gasteiger partial charge in [-0.1, -0.05) is 6.92 Å². The predicted molar refractivity (Wildman–Crippen MR) is 78.0 cm³/mol. The molecule has 3 rings (SSSR count). The first-order valence-corrected chi connectivity index (χ1v) is 6.65. The first-order valence-electron chi connectivity index (χ1n) is 6.65. The van der Waals surface area contributed by atoms with Crippen LogP contribution in [0.25, 0.3) is 22.4 Å². The molecule has 2 heterocycles. The minimum absolute atomic E-state index is 0.320. The topological polar surface area (TPSA) is 54.5 Å². The Morgan fingerprint density at radius 1 is 1.33 bits per heavy atom. The van der Waals surface area contributed by atoms with E-state index in [9.17, 15) is 4.39 Å². The number of benzene rings is 1. The van der Waals surface area contributed by atoms with E-state index in [1.54, 1.807) is 24.4 Å². The molecule has 0 radical (unpaired) electrons. The molecule has 5 heteroatoms. The van der Waals surface area contributed by atoms with Crippen molar-refractivity contribution >= 4 is 11.0 Å². The van der Waals surface area contributed by atoms with Crippen LogP contribution < -0.4 is 0 Å². The Hall–Kier alpha value is -2.74. The van der Waals surface area contributed by atoms with Crippen LogP contribution in [0.4, 0.5) is 4.39 Å². The molecule has 0 unspecified atom stereocenters. The average Bonchev–Trinajstić information content (AvgIpc) is 2.83. The Morgan fingerprint density at radius 3 is 2.86 bits per heavy atom. The smallest absolute Gasteiger partial charge is 0.145 e. The first kappa shape index (κ1) is 13.3. The zero-order chi connectivity index (χ0) is 15.0.